The van der Waals surface area contributed by atoms with Gasteiger partial charge in [-0.25, -0.2) is 0 Å². The van der Waals surface area contributed by atoms with E-state index in [1.54, 1.807) is 0 Å². The van der Waals surface area contributed by atoms with Gasteiger partial charge in [0.25, 0.3) is 0 Å². The topological polar surface area (TPSA) is 62.7 Å². The molecule has 0 N–H and O–H groups in total. The zero-order valence-corrected chi connectivity index (χ0v) is 11.9. The SMILES string of the molecule is CCC1CCC(c2noc(C3C(C#N)C3(C)C)n2)C1. The highest BCUT2D eigenvalue weighted by atomic mass is 16.5. The molecule has 2 fully saturated rings. The lowest BCUT2D eigenvalue weighted by atomic mass is 10.0. The van der Waals surface area contributed by atoms with Crippen molar-refractivity contribution in [2.24, 2.45) is 17.3 Å². The average Bonchev–Trinajstić information content (AvgIpc) is 2.88. The second-order valence-corrected chi connectivity index (χ2v) is 6.68. The van der Waals surface area contributed by atoms with Crippen molar-refractivity contribution in [3.05, 3.63) is 11.7 Å². The minimum atomic E-state index is -0.0137. The van der Waals surface area contributed by atoms with Gasteiger partial charge in [0, 0.05) is 5.92 Å². The highest BCUT2D eigenvalue weighted by Gasteiger charge is 2.62. The molecule has 2 aliphatic carbocycles. The smallest absolute Gasteiger partial charge is 0.231 e. The Morgan fingerprint density at radius 3 is 2.79 bits per heavy atom. The van der Waals surface area contributed by atoms with E-state index in [1.807, 2.05) is 0 Å². The lowest BCUT2D eigenvalue weighted by Crippen LogP contribution is -1.98. The third-order valence-corrected chi connectivity index (χ3v) is 5.17. The van der Waals surface area contributed by atoms with E-state index in [0.717, 1.165) is 11.7 Å². The van der Waals surface area contributed by atoms with Crippen LogP contribution in [-0.2, 0) is 0 Å². The molecule has 3 rings (SSSR count). The van der Waals surface area contributed by atoms with Crippen molar-refractivity contribution < 1.29 is 4.52 Å². The fourth-order valence-corrected chi connectivity index (χ4v) is 3.56. The van der Waals surface area contributed by atoms with Crippen LogP contribution in [0.5, 0.6) is 0 Å². The van der Waals surface area contributed by atoms with Crippen LogP contribution in [0.2, 0.25) is 0 Å². The maximum Gasteiger partial charge on any atom is 0.231 e. The average molecular weight is 259 g/mol. The number of hydrogen-bond donors (Lipinski definition) is 0. The molecule has 1 aromatic heterocycles. The van der Waals surface area contributed by atoms with E-state index in [-0.39, 0.29) is 17.3 Å². The molecule has 4 heteroatoms. The number of rotatable bonds is 3. The molecular weight excluding hydrogens is 238 g/mol. The minimum Gasteiger partial charge on any atom is -0.339 e. The minimum absolute atomic E-state index is 0.0137. The normalized spacial score (nSPS) is 36.1. The summed E-state index contributed by atoms with van der Waals surface area (Å²) >= 11 is 0. The van der Waals surface area contributed by atoms with Crippen LogP contribution in [0.25, 0.3) is 0 Å². The van der Waals surface area contributed by atoms with Gasteiger partial charge in [0.15, 0.2) is 5.82 Å². The fourth-order valence-electron chi connectivity index (χ4n) is 3.56. The molecule has 4 unspecified atom stereocenters. The van der Waals surface area contributed by atoms with Crippen molar-refractivity contribution in [3.63, 3.8) is 0 Å². The van der Waals surface area contributed by atoms with Gasteiger partial charge in [-0.2, -0.15) is 10.2 Å². The van der Waals surface area contributed by atoms with Gasteiger partial charge in [0.05, 0.1) is 17.9 Å². The number of nitrogens with zero attached hydrogens (tertiary/aromatic N) is 3. The second-order valence-electron chi connectivity index (χ2n) is 6.68. The van der Waals surface area contributed by atoms with Gasteiger partial charge in [-0.1, -0.05) is 32.3 Å². The van der Waals surface area contributed by atoms with Crippen molar-refractivity contribution in [1.82, 2.24) is 10.1 Å². The van der Waals surface area contributed by atoms with E-state index in [2.05, 4.69) is 37.0 Å². The Hall–Kier alpha value is -1.37. The van der Waals surface area contributed by atoms with Crippen LogP contribution in [0, 0.1) is 28.6 Å². The van der Waals surface area contributed by atoms with Crippen LogP contribution in [0.15, 0.2) is 4.52 Å². The van der Waals surface area contributed by atoms with Crippen LogP contribution in [0.4, 0.5) is 0 Å². The van der Waals surface area contributed by atoms with Gasteiger partial charge in [-0.3, -0.25) is 0 Å². The Bertz CT molecular complexity index is 514. The Kier molecular flexibility index (Phi) is 2.88. The van der Waals surface area contributed by atoms with Crippen LogP contribution in [0.3, 0.4) is 0 Å². The number of hydrogen-bond acceptors (Lipinski definition) is 4. The molecular formula is C15H21N3O. The number of nitriles is 1. The predicted molar refractivity (Wildman–Crippen MR) is 70.3 cm³/mol. The van der Waals surface area contributed by atoms with Crippen LogP contribution < -0.4 is 0 Å². The molecule has 0 bridgehead atoms. The Morgan fingerprint density at radius 1 is 1.42 bits per heavy atom. The molecule has 0 saturated heterocycles. The lowest BCUT2D eigenvalue weighted by molar-refractivity contribution is 0.359. The van der Waals surface area contributed by atoms with E-state index in [0.29, 0.717) is 11.8 Å². The first-order valence-corrected chi connectivity index (χ1v) is 7.31. The molecule has 4 atom stereocenters. The van der Waals surface area contributed by atoms with E-state index >= 15 is 0 Å². The van der Waals surface area contributed by atoms with Gasteiger partial charge in [-0.15, -0.1) is 0 Å². The molecule has 2 saturated carbocycles. The van der Waals surface area contributed by atoms with Crippen molar-refractivity contribution >= 4 is 0 Å². The first-order chi connectivity index (χ1) is 9.07. The van der Waals surface area contributed by atoms with Crippen molar-refractivity contribution in [2.75, 3.05) is 0 Å². The van der Waals surface area contributed by atoms with Gasteiger partial charge < -0.3 is 4.52 Å². The summed E-state index contributed by atoms with van der Waals surface area (Å²) in [5.74, 6) is 2.97. The molecule has 0 amide bonds. The predicted octanol–water partition coefficient (Wildman–Crippen LogP) is 3.63. The molecule has 4 nitrogen and oxygen atoms in total. The van der Waals surface area contributed by atoms with Gasteiger partial charge >= 0.3 is 0 Å². The van der Waals surface area contributed by atoms with Gasteiger partial charge in [0.1, 0.15) is 0 Å². The first-order valence-electron chi connectivity index (χ1n) is 7.31. The van der Waals surface area contributed by atoms with Crippen molar-refractivity contribution in [1.29, 1.82) is 5.26 Å². The summed E-state index contributed by atoms with van der Waals surface area (Å²) in [5, 5.41) is 13.3. The quantitative estimate of drug-likeness (QED) is 0.831. The largest absolute Gasteiger partial charge is 0.339 e. The maximum absolute atomic E-state index is 9.12. The first kappa shape index (κ1) is 12.7. The monoisotopic (exact) mass is 259 g/mol. The lowest BCUT2D eigenvalue weighted by Gasteiger charge is -2.04. The molecule has 1 heterocycles. The van der Waals surface area contributed by atoms with E-state index in [1.165, 1.54) is 25.7 Å². The third kappa shape index (κ3) is 1.96. The summed E-state index contributed by atoms with van der Waals surface area (Å²) in [5.41, 5.74) is -0.0137. The van der Waals surface area contributed by atoms with Crippen molar-refractivity contribution in [3.8, 4) is 6.07 Å². The van der Waals surface area contributed by atoms with Gasteiger partial charge in [0.2, 0.25) is 5.89 Å². The highest BCUT2D eigenvalue weighted by Crippen LogP contribution is 2.63. The number of aromatic nitrogens is 2. The summed E-state index contributed by atoms with van der Waals surface area (Å²) in [4.78, 5) is 4.59. The Labute approximate surface area is 114 Å². The Morgan fingerprint density at radius 2 is 2.21 bits per heavy atom. The van der Waals surface area contributed by atoms with Gasteiger partial charge in [-0.05, 0) is 30.6 Å². The molecule has 0 radical (unpaired) electrons. The van der Waals surface area contributed by atoms with Crippen molar-refractivity contribution in [2.45, 2.75) is 58.3 Å². The molecule has 0 spiro atoms. The summed E-state index contributed by atoms with van der Waals surface area (Å²) in [6, 6.07) is 2.34. The third-order valence-electron chi connectivity index (χ3n) is 5.17. The van der Waals surface area contributed by atoms with E-state index < -0.39 is 0 Å². The highest BCUT2D eigenvalue weighted by molar-refractivity contribution is 5.26. The zero-order chi connectivity index (χ0) is 13.6. The second kappa shape index (κ2) is 4.33. The molecule has 0 aromatic carbocycles. The van der Waals surface area contributed by atoms with E-state index in [9.17, 15) is 0 Å². The fraction of sp³-hybridized carbons (Fsp3) is 0.800. The summed E-state index contributed by atoms with van der Waals surface area (Å²) in [7, 11) is 0. The summed E-state index contributed by atoms with van der Waals surface area (Å²) in [6.45, 7) is 6.44. The molecule has 102 valence electrons. The van der Waals surface area contributed by atoms with Crippen LogP contribution in [-0.4, -0.2) is 10.1 Å². The van der Waals surface area contributed by atoms with Crippen LogP contribution in [0.1, 0.15) is 70.0 Å². The summed E-state index contributed by atoms with van der Waals surface area (Å²) < 4.78 is 5.43. The maximum atomic E-state index is 9.12. The standard InChI is InChI=1S/C15H21N3O/c1-4-9-5-6-10(7-9)13-17-14(19-18-13)12-11(8-16)15(12,2)3/h9-12H,4-7H2,1-3H3. The molecule has 19 heavy (non-hydrogen) atoms. The summed E-state index contributed by atoms with van der Waals surface area (Å²) in [6.07, 6.45) is 4.88. The Balaban J connectivity index is 1.73. The van der Waals surface area contributed by atoms with Crippen LogP contribution >= 0.6 is 0 Å². The van der Waals surface area contributed by atoms with E-state index in [4.69, 9.17) is 9.78 Å². The molecule has 2 aliphatic rings. The molecule has 0 aliphatic heterocycles. The molecule has 1 aromatic rings. The zero-order valence-electron chi connectivity index (χ0n) is 11.9.